The summed E-state index contributed by atoms with van der Waals surface area (Å²) in [5.74, 6) is 0.818. The van der Waals surface area contributed by atoms with Crippen molar-refractivity contribution in [2.24, 2.45) is 0 Å². The van der Waals surface area contributed by atoms with E-state index >= 15 is 0 Å². The van der Waals surface area contributed by atoms with Crippen LogP contribution >= 0.6 is 0 Å². The Balaban J connectivity index is 1.82. The summed E-state index contributed by atoms with van der Waals surface area (Å²) in [5, 5.41) is 3.49. The first-order valence-corrected chi connectivity index (χ1v) is 6.50. The van der Waals surface area contributed by atoms with Crippen molar-refractivity contribution in [2.75, 3.05) is 25.1 Å². The van der Waals surface area contributed by atoms with Crippen molar-refractivity contribution < 1.29 is 9.53 Å². The maximum Gasteiger partial charge on any atom is 0.264 e. The van der Waals surface area contributed by atoms with Crippen molar-refractivity contribution in [1.29, 1.82) is 0 Å². The smallest absolute Gasteiger partial charge is 0.264 e. The number of nitrogens with one attached hydrogen (secondary N) is 1. The summed E-state index contributed by atoms with van der Waals surface area (Å²) < 4.78 is 5.42. The molecule has 0 spiro atoms. The molecule has 2 aliphatic heterocycles. The van der Waals surface area contributed by atoms with E-state index in [2.05, 4.69) is 17.4 Å². The summed E-state index contributed by atoms with van der Waals surface area (Å²) in [5.41, 5.74) is 2.15. The topological polar surface area (TPSA) is 41.6 Å². The number of ether oxygens (including phenoxy) is 1. The first kappa shape index (κ1) is 11.5. The Hall–Kier alpha value is -1.55. The highest BCUT2D eigenvalue weighted by molar-refractivity contribution is 5.97. The van der Waals surface area contributed by atoms with Gasteiger partial charge in [-0.2, -0.15) is 0 Å². The molecule has 1 saturated heterocycles. The lowest BCUT2D eigenvalue weighted by Gasteiger charge is -2.26. The largest absolute Gasteiger partial charge is 0.482 e. The number of likely N-dealkylation sites (N-methyl/N-ethyl adjacent to an activating group) is 1. The molecule has 4 nitrogen and oxygen atoms in total. The fourth-order valence-corrected chi connectivity index (χ4v) is 2.66. The Morgan fingerprint density at radius 3 is 3.17 bits per heavy atom. The van der Waals surface area contributed by atoms with Gasteiger partial charge in [0.15, 0.2) is 6.61 Å². The molecule has 4 heteroatoms. The van der Waals surface area contributed by atoms with Gasteiger partial charge >= 0.3 is 0 Å². The normalized spacial score (nSPS) is 22.8. The van der Waals surface area contributed by atoms with Crippen LogP contribution in [0.5, 0.6) is 5.75 Å². The highest BCUT2D eigenvalue weighted by Gasteiger charge is 2.23. The Morgan fingerprint density at radius 2 is 2.39 bits per heavy atom. The van der Waals surface area contributed by atoms with Crippen molar-refractivity contribution in [3.8, 4) is 5.75 Å². The molecule has 0 radical (unpaired) electrons. The minimum Gasteiger partial charge on any atom is -0.482 e. The van der Waals surface area contributed by atoms with E-state index in [4.69, 9.17) is 4.74 Å². The maximum absolute atomic E-state index is 11.6. The van der Waals surface area contributed by atoms with Crippen LogP contribution < -0.4 is 15.0 Å². The Morgan fingerprint density at radius 1 is 1.50 bits per heavy atom. The van der Waals surface area contributed by atoms with E-state index in [0.29, 0.717) is 6.04 Å². The zero-order valence-electron chi connectivity index (χ0n) is 10.6. The van der Waals surface area contributed by atoms with Crippen LogP contribution in [0.25, 0.3) is 0 Å². The Kier molecular flexibility index (Phi) is 2.96. The highest BCUT2D eigenvalue weighted by Crippen LogP contribution is 2.32. The molecule has 0 aliphatic carbocycles. The number of amides is 1. The molecule has 0 saturated carbocycles. The van der Waals surface area contributed by atoms with E-state index in [1.807, 2.05) is 6.07 Å². The highest BCUT2D eigenvalue weighted by atomic mass is 16.5. The lowest BCUT2D eigenvalue weighted by molar-refractivity contribution is -0.120. The van der Waals surface area contributed by atoms with E-state index in [0.717, 1.165) is 24.4 Å². The fraction of sp³-hybridized carbons (Fsp3) is 0.500. The average molecular weight is 246 g/mol. The van der Waals surface area contributed by atoms with Gasteiger partial charge in [-0.1, -0.05) is 6.07 Å². The molecule has 0 aromatic heterocycles. The zero-order valence-corrected chi connectivity index (χ0v) is 10.6. The minimum absolute atomic E-state index is 0.0126. The average Bonchev–Trinajstić information content (AvgIpc) is 2.87. The van der Waals surface area contributed by atoms with Gasteiger partial charge in [0.2, 0.25) is 0 Å². The number of anilines is 1. The summed E-state index contributed by atoms with van der Waals surface area (Å²) in [6.07, 6.45) is 3.52. The molecule has 1 fully saturated rings. The summed E-state index contributed by atoms with van der Waals surface area (Å²) in [6, 6.07) is 6.73. The third-order valence-electron chi connectivity index (χ3n) is 3.75. The second-order valence-corrected chi connectivity index (χ2v) is 5.04. The van der Waals surface area contributed by atoms with Crippen LogP contribution in [0.4, 0.5) is 5.69 Å². The zero-order chi connectivity index (χ0) is 12.5. The molecule has 1 atom stereocenters. The number of nitrogens with zero attached hydrogens (tertiary/aromatic N) is 1. The number of carbonyl (C=O) groups is 1. The molecule has 2 heterocycles. The molecular formula is C14H18N2O2. The van der Waals surface area contributed by atoms with Crippen LogP contribution in [0, 0.1) is 0 Å². The van der Waals surface area contributed by atoms with Crippen molar-refractivity contribution in [1.82, 2.24) is 5.32 Å². The van der Waals surface area contributed by atoms with Crippen molar-refractivity contribution in [3.63, 3.8) is 0 Å². The lowest BCUT2D eigenvalue weighted by atomic mass is 10.0. The van der Waals surface area contributed by atoms with Gasteiger partial charge in [-0.05, 0) is 43.5 Å². The molecule has 18 heavy (non-hydrogen) atoms. The molecule has 1 aromatic rings. The van der Waals surface area contributed by atoms with Crippen LogP contribution in [-0.4, -0.2) is 32.1 Å². The second-order valence-electron chi connectivity index (χ2n) is 5.04. The van der Waals surface area contributed by atoms with Crippen LogP contribution in [0.3, 0.4) is 0 Å². The van der Waals surface area contributed by atoms with Crippen molar-refractivity contribution >= 4 is 11.6 Å². The summed E-state index contributed by atoms with van der Waals surface area (Å²) in [4.78, 5) is 13.3. The summed E-state index contributed by atoms with van der Waals surface area (Å²) >= 11 is 0. The number of fused-ring (bicyclic) bond motifs is 1. The monoisotopic (exact) mass is 246 g/mol. The predicted molar refractivity (Wildman–Crippen MR) is 70.1 cm³/mol. The van der Waals surface area contributed by atoms with Gasteiger partial charge in [0.25, 0.3) is 5.91 Å². The minimum atomic E-state index is 0.0126. The van der Waals surface area contributed by atoms with Crippen molar-refractivity contribution in [2.45, 2.75) is 25.3 Å². The SMILES string of the molecule is CN1C(=O)COc2ccc(CC3CCCN3)cc21. The van der Waals surface area contributed by atoms with Gasteiger partial charge in [0.1, 0.15) is 5.75 Å². The predicted octanol–water partition coefficient (Wildman–Crippen LogP) is 1.34. The van der Waals surface area contributed by atoms with Gasteiger partial charge < -0.3 is 15.0 Å². The van der Waals surface area contributed by atoms with Gasteiger partial charge in [-0.3, -0.25) is 4.79 Å². The molecule has 3 rings (SSSR count). The summed E-state index contributed by atoms with van der Waals surface area (Å²) in [7, 11) is 1.81. The molecule has 0 bridgehead atoms. The Bertz CT molecular complexity index is 467. The van der Waals surface area contributed by atoms with Gasteiger partial charge in [0, 0.05) is 13.1 Å². The summed E-state index contributed by atoms with van der Waals surface area (Å²) in [6.45, 7) is 1.27. The molecule has 96 valence electrons. The first-order chi connectivity index (χ1) is 8.74. The maximum atomic E-state index is 11.6. The number of benzene rings is 1. The third-order valence-corrected chi connectivity index (χ3v) is 3.75. The molecule has 1 N–H and O–H groups in total. The van der Waals surface area contributed by atoms with Crippen LogP contribution in [-0.2, 0) is 11.2 Å². The second kappa shape index (κ2) is 4.61. The fourth-order valence-electron chi connectivity index (χ4n) is 2.66. The standard InChI is InChI=1S/C14H18N2O2/c1-16-12-8-10(7-11-3-2-6-15-11)4-5-13(12)18-9-14(16)17/h4-5,8,11,15H,2-3,6-7,9H2,1H3. The first-order valence-electron chi connectivity index (χ1n) is 6.50. The Labute approximate surface area is 107 Å². The van der Waals surface area contributed by atoms with Crippen molar-refractivity contribution in [3.05, 3.63) is 23.8 Å². The van der Waals surface area contributed by atoms with Gasteiger partial charge in [0.05, 0.1) is 5.69 Å². The molecule has 1 amide bonds. The molecule has 1 unspecified atom stereocenters. The number of hydrogen-bond donors (Lipinski definition) is 1. The third kappa shape index (κ3) is 2.08. The van der Waals surface area contributed by atoms with E-state index in [9.17, 15) is 4.79 Å². The van der Waals surface area contributed by atoms with E-state index in [-0.39, 0.29) is 12.5 Å². The molecule has 2 aliphatic rings. The lowest BCUT2D eigenvalue weighted by Crippen LogP contribution is -2.35. The van der Waals surface area contributed by atoms with Gasteiger partial charge in [-0.15, -0.1) is 0 Å². The molecular weight excluding hydrogens is 228 g/mol. The number of rotatable bonds is 2. The van der Waals surface area contributed by atoms with Crippen LogP contribution in [0.1, 0.15) is 18.4 Å². The van der Waals surface area contributed by atoms with Crippen LogP contribution in [0.15, 0.2) is 18.2 Å². The van der Waals surface area contributed by atoms with E-state index < -0.39 is 0 Å². The number of carbonyl (C=O) groups excluding carboxylic acids is 1. The van der Waals surface area contributed by atoms with E-state index in [1.165, 1.54) is 18.4 Å². The van der Waals surface area contributed by atoms with E-state index in [1.54, 1.807) is 11.9 Å². The van der Waals surface area contributed by atoms with Crippen LogP contribution in [0.2, 0.25) is 0 Å². The van der Waals surface area contributed by atoms with Gasteiger partial charge in [-0.25, -0.2) is 0 Å². The molecule has 1 aromatic carbocycles. The number of hydrogen-bond acceptors (Lipinski definition) is 3. The quantitative estimate of drug-likeness (QED) is 0.856.